The number of nitrogens with zero attached hydrogens (tertiary/aromatic N) is 2. The molecule has 20 heavy (non-hydrogen) atoms. The largest absolute Gasteiger partial charge is 0.368 e. The third-order valence-electron chi connectivity index (χ3n) is 2.94. The summed E-state index contributed by atoms with van der Waals surface area (Å²) in [6, 6.07) is 20.2. The number of benzene rings is 2. The lowest BCUT2D eigenvalue weighted by Gasteiger charge is -2.07. The molecule has 98 valence electrons. The first-order valence-corrected chi connectivity index (χ1v) is 6.32. The van der Waals surface area contributed by atoms with Crippen molar-refractivity contribution in [2.75, 3.05) is 11.1 Å². The molecule has 0 spiro atoms. The summed E-state index contributed by atoms with van der Waals surface area (Å²) in [6.07, 6.45) is 1.63. The van der Waals surface area contributed by atoms with Crippen LogP contribution in [0.3, 0.4) is 0 Å². The van der Waals surface area contributed by atoms with Crippen molar-refractivity contribution in [3.05, 3.63) is 66.9 Å². The summed E-state index contributed by atoms with van der Waals surface area (Å²) in [4.78, 5) is 7.97. The lowest BCUT2D eigenvalue weighted by Crippen LogP contribution is -1.98. The number of anilines is 3. The van der Waals surface area contributed by atoms with Gasteiger partial charge in [-0.05, 0) is 29.3 Å². The molecular formula is C16H14N4. The van der Waals surface area contributed by atoms with Gasteiger partial charge in [0.1, 0.15) is 5.82 Å². The second kappa shape index (κ2) is 5.40. The van der Waals surface area contributed by atoms with Crippen LogP contribution in [-0.2, 0) is 0 Å². The second-order valence-electron chi connectivity index (χ2n) is 4.37. The summed E-state index contributed by atoms with van der Waals surface area (Å²) in [7, 11) is 0. The highest BCUT2D eigenvalue weighted by Gasteiger charge is 1.99. The van der Waals surface area contributed by atoms with E-state index >= 15 is 0 Å². The number of nitrogen functional groups attached to an aromatic ring is 1. The van der Waals surface area contributed by atoms with Crippen molar-refractivity contribution in [2.24, 2.45) is 0 Å². The van der Waals surface area contributed by atoms with Crippen molar-refractivity contribution in [1.82, 2.24) is 9.97 Å². The van der Waals surface area contributed by atoms with Crippen LogP contribution in [0.25, 0.3) is 11.1 Å². The zero-order valence-electron chi connectivity index (χ0n) is 10.8. The van der Waals surface area contributed by atoms with Gasteiger partial charge in [-0.1, -0.05) is 42.5 Å². The summed E-state index contributed by atoms with van der Waals surface area (Å²) in [6.45, 7) is 0. The van der Waals surface area contributed by atoms with Crippen molar-refractivity contribution in [1.29, 1.82) is 0 Å². The topological polar surface area (TPSA) is 63.8 Å². The quantitative estimate of drug-likeness (QED) is 0.758. The van der Waals surface area contributed by atoms with Gasteiger partial charge in [-0.25, -0.2) is 4.98 Å². The van der Waals surface area contributed by atoms with Crippen LogP contribution in [0.2, 0.25) is 0 Å². The summed E-state index contributed by atoms with van der Waals surface area (Å²) >= 11 is 0. The Kier molecular flexibility index (Phi) is 3.29. The molecule has 4 nitrogen and oxygen atoms in total. The Labute approximate surface area is 117 Å². The van der Waals surface area contributed by atoms with E-state index in [1.165, 1.54) is 11.1 Å². The first kappa shape index (κ1) is 12.2. The minimum atomic E-state index is 0.260. The van der Waals surface area contributed by atoms with Gasteiger partial charge in [-0.3, -0.25) is 0 Å². The molecule has 2 aromatic carbocycles. The van der Waals surface area contributed by atoms with Crippen LogP contribution >= 0.6 is 0 Å². The average molecular weight is 262 g/mol. The van der Waals surface area contributed by atoms with Crippen molar-refractivity contribution in [2.45, 2.75) is 0 Å². The molecule has 1 heterocycles. The Morgan fingerprint density at radius 2 is 1.50 bits per heavy atom. The van der Waals surface area contributed by atoms with E-state index in [2.05, 4.69) is 39.6 Å². The zero-order chi connectivity index (χ0) is 13.8. The van der Waals surface area contributed by atoms with Gasteiger partial charge in [0.2, 0.25) is 5.95 Å². The van der Waals surface area contributed by atoms with E-state index in [9.17, 15) is 0 Å². The van der Waals surface area contributed by atoms with E-state index in [0.29, 0.717) is 5.82 Å². The van der Waals surface area contributed by atoms with Gasteiger partial charge in [0.25, 0.3) is 0 Å². The lowest BCUT2D eigenvalue weighted by atomic mass is 10.1. The van der Waals surface area contributed by atoms with Gasteiger partial charge in [0, 0.05) is 11.9 Å². The summed E-state index contributed by atoms with van der Waals surface area (Å²) < 4.78 is 0. The number of hydrogen-bond acceptors (Lipinski definition) is 4. The second-order valence-corrected chi connectivity index (χ2v) is 4.37. The standard InChI is InChI=1S/C16H14N4/c17-16-18-11-10-15(20-16)19-14-8-6-13(7-9-14)12-4-2-1-3-5-12/h1-11H,(H3,17,18,19,20). The molecule has 0 radical (unpaired) electrons. The number of nitrogens with two attached hydrogens (primary N) is 1. The average Bonchev–Trinajstić information content (AvgIpc) is 2.49. The Morgan fingerprint density at radius 3 is 2.20 bits per heavy atom. The fourth-order valence-corrected chi connectivity index (χ4v) is 1.97. The zero-order valence-corrected chi connectivity index (χ0v) is 10.8. The molecule has 0 aliphatic heterocycles. The van der Waals surface area contributed by atoms with Crippen molar-refractivity contribution in [3.63, 3.8) is 0 Å². The maximum absolute atomic E-state index is 5.55. The number of hydrogen-bond donors (Lipinski definition) is 2. The predicted octanol–water partition coefficient (Wildman–Crippen LogP) is 3.47. The molecule has 3 rings (SSSR count). The number of aromatic nitrogens is 2. The first-order valence-electron chi connectivity index (χ1n) is 6.32. The highest BCUT2D eigenvalue weighted by atomic mass is 15.1. The Hall–Kier alpha value is -2.88. The van der Waals surface area contributed by atoms with E-state index in [0.717, 1.165) is 5.69 Å². The van der Waals surface area contributed by atoms with Crippen molar-refractivity contribution in [3.8, 4) is 11.1 Å². The molecule has 3 aromatic rings. The minimum absolute atomic E-state index is 0.260. The summed E-state index contributed by atoms with van der Waals surface area (Å²) in [5.41, 5.74) is 8.89. The smallest absolute Gasteiger partial charge is 0.221 e. The third-order valence-corrected chi connectivity index (χ3v) is 2.94. The van der Waals surface area contributed by atoms with Crippen LogP contribution in [-0.4, -0.2) is 9.97 Å². The van der Waals surface area contributed by atoms with E-state index < -0.39 is 0 Å². The van der Waals surface area contributed by atoms with Gasteiger partial charge in [0.05, 0.1) is 0 Å². The molecule has 0 aliphatic carbocycles. The Morgan fingerprint density at radius 1 is 0.800 bits per heavy atom. The van der Waals surface area contributed by atoms with Gasteiger partial charge >= 0.3 is 0 Å². The van der Waals surface area contributed by atoms with Crippen LogP contribution in [0, 0.1) is 0 Å². The molecule has 0 saturated carbocycles. The maximum Gasteiger partial charge on any atom is 0.221 e. The lowest BCUT2D eigenvalue weighted by molar-refractivity contribution is 1.18. The van der Waals surface area contributed by atoms with E-state index in [1.807, 2.05) is 30.3 Å². The van der Waals surface area contributed by atoms with Gasteiger partial charge in [-0.2, -0.15) is 4.98 Å². The molecule has 0 saturated heterocycles. The monoisotopic (exact) mass is 262 g/mol. The third kappa shape index (κ3) is 2.75. The predicted molar refractivity (Wildman–Crippen MR) is 81.6 cm³/mol. The molecule has 0 aliphatic rings. The summed E-state index contributed by atoms with van der Waals surface area (Å²) in [5, 5.41) is 3.19. The van der Waals surface area contributed by atoms with E-state index in [4.69, 9.17) is 5.73 Å². The van der Waals surface area contributed by atoms with Crippen LogP contribution in [0.4, 0.5) is 17.5 Å². The first-order chi connectivity index (χ1) is 9.81. The van der Waals surface area contributed by atoms with Crippen molar-refractivity contribution < 1.29 is 0 Å². The van der Waals surface area contributed by atoms with Crippen LogP contribution in [0.15, 0.2) is 66.9 Å². The molecule has 1 aromatic heterocycles. The molecule has 0 bridgehead atoms. The van der Waals surface area contributed by atoms with Crippen molar-refractivity contribution >= 4 is 17.5 Å². The SMILES string of the molecule is Nc1nccc(Nc2ccc(-c3ccccc3)cc2)n1. The van der Waals surface area contributed by atoms with E-state index in [-0.39, 0.29) is 5.95 Å². The highest BCUT2D eigenvalue weighted by molar-refractivity contribution is 5.67. The maximum atomic E-state index is 5.55. The fraction of sp³-hybridized carbons (Fsp3) is 0. The van der Waals surface area contributed by atoms with Crippen LogP contribution in [0.5, 0.6) is 0 Å². The molecule has 0 fully saturated rings. The normalized spacial score (nSPS) is 10.2. The fourth-order valence-electron chi connectivity index (χ4n) is 1.97. The number of rotatable bonds is 3. The van der Waals surface area contributed by atoms with Crippen LogP contribution in [0.1, 0.15) is 0 Å². The molecule has 0 amide bonds. The highest BCUT2D eigenvalue weighted by Crippen LogP contribution is 2.22. The summed E-state index contributed by atoms with van der Waals surface area (Å²) in [5.74, 6) is 0.945. The molecule has 0 unspecified atom stereocenters. The minimum Gasteiger partial charge on any atom is -0.368 e. The van der Waals surface area contributed by atoms with Gasteiger partial charge in [0.15, 0.2) is 0 Å². The molecular weight excluding hydrogens is 248 g/mol. The molecule has 4 heteroatoms. The Bertz CT molecular complexity index is 693. The Balaban J connectivity index is 1.80. The van der Waals surface area contributed by atoms with E-state index in [1.54, 1.807) is 12.3 Å². The molecule has 3 N–H and O–H groups in total. The van der Waals surface area contributed by atoms with Gasteiger partial charge < -0.3 is 11.1 Å². The van der Waals surface area contributed by atoms with Crippen LogP contribution < -0.4 is 11.1 Å². The van der Waals surface area contributed by atoms with Gasteiger partial charge in [-0.15, -0.1) is 0 Å². The molecule has 0 atom stereocenters. The number of nitrogens with one attached hydrogen (secondary N) is 1.